The van der Waals surface area contributed by atoms with Gasteiger partial charge in [-0.25, -0.2) is 4.79 Å². The second-order valence-corrected chi connectivity index (χ2v) is 6.00. The lowest BCUT2D eigenvalue weighted by Crippen LogP contribution is -2.50. The highest BCUT2D eigenvalue weighted by Gasteiger charge is 2.36. The Morgan fingerprint density at radius 1 is 1.21 bits per heavy atom. The summed E-state index contributed by atoms with van der Waals surface area (Å²) in [6, 6.07) is 3.64. The number of hydrogen-bond acceptors (Lipinski definition) is 2. The molecular weight excluding hydrogens is 310 g/mol. The van der Waals surface area contributed by atoms with Crippen LogP contribution in [0.15, 0.2) is 16.6 Å². The number of likely N-dealkylation sites (N-methyl/N-ethyl adjacent to an activating group) is 1. The van der Waals surface area contributed by atoms with Gasteiger partial charge in [0.1, 0.15) is 5.54 Å². The second-order valence-electron chi connectivity index (χ2n) is 5.14. The van der Waals surface area contributed by atoms with E-state index in [2.05, 4.69) is 15.9 Å². The zero-order chi connectivity index (χ0) is 15.0. The molecule has 5 heteroatoms. The van der Waals surface area contributed by atoms with Crippen LogP contribution in [0.3, 0.4) is 0 Å². The molecule has 19 heavy (non-hydrogen) atoms. The Morgan fingerprint density at radius 3 is 2.21 bits per heavy atom. The summed E-state index contributed by atoms with van der Waals surface area (Å²) in [7, 11) is 1.51. The van der Waals surface area contributed by atoms with Gasteiger partial charge in [0.15, 0.2) is 0 Å². The van der Waals surface area contributed by atoms with Gasteiger partial charge in [0, 0.05) is 17.1 Å². The van der Waals surface area contributed by atoms with Gasteiger partial charge < -0.3 is 10.0 Å². The van der Waals surface area contributed by atoms with E-state index >= 15 is 0 Å². The van der Waals surface area contributed by atoms with Crippen molar-refractivity contribution >= 4 is 27.8 Å². The van der Waals surface area contributed by atoms with Crippen LogP contribution in [0.25, 0.3) is 0 Å². The minimum Gasteiger partial charge on any atom is -0.480 e. The van der Waals surface area contributed by atoms with E-state index in [-0.39, 0.29) is 5.91 Å². The number of carbonyl (C=O) groups is 2. The number of amides is 1. The molecule has 1 N–H and O–H groups in total. The third-order valence-electron chi connectivity index (χ3n) is 3.40. The van der Waals surface area contributed by atoms with Gasteiger partial charge in [-0.3, -0.25) is 4.79 Å². The van der Waals surface area contributed by atoms with E-state index in [4.69, 9.17) is 0 Å². The number of carbonyl (C=O) groups excluding carboxylic acids is 1. The zero-order valence-electron chi connectivity index (χ0n) is 11.7. The lowest BCUT2D eigenvalue weighted by Gasteiger charge is -2.32. The maximum atomic E-state index is 12.4. The van der Waals surface area contributed by atoms with Gasteiger partial charge in [-0.2, -0.15) is 0 Å². The van der Waals surface area contributed by atoms with Crippen molar-refractivity contribution in [2.24, 2.45) is 0 Å². The molecule has 0 aromatic heterocycles. The molecule has 0 fully saturated rings. The maximum absolute atomic E-state index is 12.4. The molecule has 0 aliphatic heterocycles. The SMILES string of the molecule is Cc1cc(C(=O)N(C)C(C)(C)C(=O)O)c(C)cc1Br. The molecule has 0 atom stereocenters. The highest BCUT2D eigenvalue weighted by Crippen LogP contribution is 2.24. The van der Waals surface area contributed by atoms with E-state index < -0.39 is 11.5 Å². The van der Waals surface area contributed by atoms with Crippen LogP contribution in [0, 0.1) is 13.8 Å². The third kappa shape index (κ3) is 2.97. The average molecular weight is 328 g/mol. The van der Waals surface area contributed by atoms with Crippen molar-refractivity contribution in [3.05, 3.63) is 33.3 Å². The average Bonchev–Trinajstić information content (AvgIpc) is 2.31. The zero-order valence-corrected chi connectivity index (χ0v) is 13.3. The fourth-order valence-electron chi connectivity index (χ4n) is 1.59. The first-order chi connectivity index (χ1) is 8.59. The minimum atomic E-state index is -1.25. The molecule has 4 nitrogen and oxygen atoms in total. The van der Waals surface area contributed by atoms with E-state index in [0.717, 1.165) is 15.6 Å². The van der Waals surface area contributed by atoms with Crippen molar-refractivity contribution in [1.29, 1.82) is 0 Å². The normalized spacial score (nSPS) is 11.3. The summed E-state index contributed by atoms with van der Waals surface area (Å²) >= 11 is 3.41. The van der Waals surface area contributed by atoms with Crippen molar-refractivity contribution in [2.75, 3.05) is 7.05 Å². The first-order valence-electron chi connectivity index (χ1n) is 5.87. The molecule has 1 amide bonds. The summed E-state index contributed by atoms with van der Waals surface area (Å²) in [5.41, 5.74) is 1.04. The van der Waals surface area contributed by atoms with Crippen molar-refractivity contribution in [1.82, 2.24) is 4.90 Å². The number of benzene rings is 1. The summed E-state index contributed by atoms with van der Waals surface area (Å²) in [6.07, 6.45) is 0. The molecule has 0 aliphatic rings. The van der Waals surface area contributed by atoms with E-state index in [0.29, 0.717) is 5.56 Å². The van der Waals surface area contributed by atoms with Crippen LogP contribution in [0.1, 0.15) is 35.3 Å². The van der Waals surface area contributed by atoms with Crippen molar-refractivity contribution in [2.45, 2.75) is 33.2 Å². The lowest BCUT2D eigenvalue weighted by molar-refractivity contribution is -0.147. The molecule has 0 saturated carbocycles. The quantitative estimate of drug-likeness (QED) is 0.928. The van der Waals surface area contributed by atoms with Gasteiger partial charge in [-0.1, -0.05) is 15.9 Å². The molecule has 104 valence electrons. The fourth-order valence-corrected chi connectivity index (χ4v) is 2.05. The van der Waals surface area contributed by atoms with Gasteiger partial charge in [-0.05, 0) is 51.0 Å². The molecule has 0 spiro atoms. The number of carboxylic acid groups (broad SMARTS) is 1. The molecule has 0 bridgehead atoms. The van der Waals surface area contributed by atoms with Crippen LogP contribution in [-0.4, -0.2) is 34.5 Å². The smallest absolute Gasteiger partial charge is 0.329 e. The molecule has 1 aromatic rings. The molecular formula is C14H18BrNO3. The van der Waals surface area contributed by atoms with E-state index in [1.54, 1.807) is 6.07 Å². The van der Waals surface area contributed by atoms with Crippen LogP contribution in [0.5, 0.6) is 0 Å². The number of nitrogens with zero attached hydrogens (tertiary/aromatic N) is 1. The van der Waals surface area contributed by atoms with Crippen molar-refractivity contribution in [3.63, 3.8) is 0 Å². The van der Waals surface area contributed by atoms with Crippen molar-refractivity contribution < 1.29 is 14.7 Å². The van der Waals surface area contributed by atoms with E-state index in [9.17, 15) is 14.7 Å². The summed E-state index contributed by atoms with van der Waals surface area (Å²) in [4.78, 5) is 24.9. The minimum absolute atomic E-state index is 0.291. The van der Waals surface area contributed by atoms with Crippen LogP contribution in [0.2, 0.25) is 0 Å². The number of aliphatic carboxylic acids is 1. The van der Waals surface area contributed by atoms with E-state index in [1.165, 1.54) is 25.8 Å². The Morgan fingerprint density at radius 2 is 1.74 bits per heavy atom. The summed E-state index contributed by atoms with van der Waals surface area (Å²) < 4.78 is 0.932. The first kappa shape index (κ1) is 15.7. The molecule has 1 aromatic carbocycles. The highest BCUT2D eigenvalue weighted by molar-refractivity contribution is 9.10. The Bertz CT molecular complexity index is 538. The number of rotatable bonds is 3. The number of halogens is 1. The number of hydrogen-bond donors (Lipinski definition) is 1. The van der Waals surface area contributed by atoms with Gasteiger partial charge in [0.2, 0.25) is 0 Å². The third-order valence-corrected chi connectivity index (χ3v) is 4.26. The summed E-state index contributed by atoms with van der Waals surface area (Å²) in [6.45, 7) is 6.74. The largest absolute Gasteiger partial charge is 0.480 e. The topological polar surface area (TPSA) is 57.6 Å². The van der Waals surface area contributed by atoms with Gasteiger partial charge >= 0.3 is 5.97 Å². The van der Waals surface area contributed by atoms with Crippen LogP contribution >= 0.6 is 15.9 Å². The lowest BCUT2D eigenvalue weighted by atomic mass is 9.99. The monoisotopic (exact) mass is 327 g/mol. The van der Waals surface area contributed by atoms with Gasteiger partial charge in [0.05, 0.1) is 0 Å². The molecule has 0 heterocycles. The Kier molecular flexibility index (Phi) is 4.40. The van der Waals surface area contributed by atoms with Crippen molar-refractivity contribution in [3.8, 4) is 0 Å². The number of aryl methyl sites for hydroxylation is 2. The Hall–Kier alpha value is -1.36. The maximum Gasteiger partial charge on any atom is 0.329 e. The van der Waals surface area contributed by atoms with Crippen LogP contribution in [0.4, 0.5) is 0 Å². The predicted molar refractivity (Wildman–Crippen MR) is 77.4 cm³/mol. The van der Waals surface area contributed by atoms with Gasteiger partial charge in [-0.15, -0.1) is 0 Å². The standard InChI is InChI=1S/C14H18BrNO3/c1-8-7-11(15)9(2)6-10(8)12(17)16(5)14(3,4)13(18)19/h6-7H,1-5H3,(H,18,19). The molecule has 0 saturated heterocycles. The van der Waals surface area contributed by atoms with Crippen LogP contribution < -0.4 is 0 Å². The molecule has 1 rings (SSSR count). The Labute approximate surface area is 121 Å². The predicted octanol–water partition coefficient (Wildman–Crippen LogP) is 3.00. The first-order valence-corrected chi connectivity index (χ1v) is 6.66. The second kappa shape index (κ2) is 5.33. The molecule has 0 aliphatic carbocycles. The molecule has 0 unspecified atom stereocenters. The van der Waals surface area contributed by atoms with E-state index in [1.807, 2.05) is 19.9 Å². The van der Waals surface area contributed by atoms with Crippen LogP contribution in [-0.2, 0) is 4.79 Å². The number of carboxylic acids is 1. The summed E-state index contributed by atoms with van der Waals surface area (Å²) in [5.74, 6) is -1.32. The van der Waals surface area contributed by atoms with Gasteiger partial charge in [0.25, 0.3) is 5.91 Å². The Balaban J connectivity index is 3.21. The summed E-state index contributed by atoms with van der Waals surface area (Å²) in [5, 5.41) is 9.17. The molecule has 0 radical (unpaired) electrons. The fraction of sp³-hybridized carbons (Fsp3) is 0.429. The highest BCUT2D eigenvalue weighted by atomic mass is 79.9.